The molecule has 1 aliphatic heterocycles. The Bertz CT molecular complexity index is 271. The second-order valence-corrected chi connectivity index (χ2v) is 7.51. The van der Waals surface area contributed by atoms with Gasteiger partial charge in [-0.25, -0.2) is 0 Å². The van der Waals surface area contributed by atoms with E-state index < -0.39 is 0 Å². The third-order valence-electron chi connectivity index (χ3n) is 6.06. The third kappa shape index (κ3) is 4.21. The van der Waals surface area contributed by atoms with Gasteiger partial charge in [0.2, 0.25) is 0 Å². The monoisotopic (exact) mass is 280 g/mol. The van der Waals surface area contributed by atoms with E-state index in [-0.39, 0.29) is 0 Å². The van der Waals surface area contributed by atoms with Crippen LogP contribution in [0.2, 0.25) is 0 Å². The van der Waals surface area contributed by atoms with Gasteiger partial charge in [-0.05, 0) is 70.0 Å². The number of piperidine rings is 1. The fourth-order valence-corrected chi connectivity index (χ4v) is 4.28. The molecule has 0 radical (unpaired) electrons. The van der Waals surface area contributed by atoms with Crippen molar-refractivity contribution < 1.29 is 0 Å². The van der Waals surface area contributed by atoms with Crippen LogP contribution in [-0.2, 0) is 0 Å². The molecule has 1 saturated carbocycles. The summed E-state index contributed by atoms with van der Waals surface area (Å²) in [5, 5.41) is 4.00. The van der Waals surface area contributed by atoms with Gasteiger partial charge in [0.15, 0.2) is 0 Å². The van der Waals surface area contributed by atoms with Gasteiger partial charge < -0.3 is 10.2 Å². The van der Waals surface area contributed by atoms with E-state index in [2.05, 4.69) is 37.9 Å². The minimum Gasteiger partial charge on any atom is -0.311 e. The molecule has 0 aromatic heterocycles. The SMILES string of the molecule is CCCN1CCC(C(C)NC2CCCC(C)C2C)CC1. The minimum atomic E-state index is 0.705. The number of hydrogen-bond donors (Lipinski definition) is 1. The summed E-state index contributed by atoms with van der Waals surface area (Å²) in [7, 11) is 0. The van der Waals surface area contributed by atoms with Crippen molar-refractivity contribution in [3.63, 3.8) is 0 Å². The van der Waals surface area contributed by atoms with E-state index in [9.17, 15) is 0 Å². The molecule has 0 spiro atoms. The Morgan fingerprint density at radius 2 is 1.80 bits per heavy atom. The van der Waals surface area contributed by atoms with Crippen LogP contribution in [0.3, 0.4) is 0 Å². The van der Waals surface area contributed by atoms with E-state index in [0.29, 0.717) is 6.04 Å². The molecule has 0 bridgehead atoms. The van der Waals surface area contributed by atoms with E-state index >= 15 is 0 Å². The molecule has 2 fully saturated rings. The van der Waals surface area contributed by atoms with Gasteiger partial charge in [0, 0.05) is 12.1 Å². The lowest BCUT2D eigenvalue weighted by Gasteiger charge is -2.40. The number of nitrogens with one attached hydrogen (secondary N) is 1. The lowest BCUT2D eigenvalue weighted by Crippen LogP contribution is -2.49. The molecule has 2 heteroatoms. The van der Waals surface area contributed by atoms with Crippen molar-refractivity contribution in [3.8, 4) is 0 Å². The summed E-state index contributed by atoms with van der Waals surface area (Å²) in [5.41, 5.74) is 0. The zero-order chi connectivity index (χ0) is 14.5. The Kier molecular flexibility index (Phi) is 6.35. The van der Waals surface area contributed by atoms with Gasteiger partial charge in [-0.15, -0.1) is 0 Å². The van der Waals surface area contributed by atoms with Gasteiger partial charge in [0.25, 0.3) is 0 Å². The molecule has 0 aromatic carbocycles. The summed E-state index contributed by atoms with van der Waals surface area (Å²) in [5.74, 6) is 2.65. The molecule has 1 heterocycles. The van der Waals surface area contributed by atoms with Crippen LogP contribution in [0.1, 0.15) is 66.2 Å². The van der Waals surface area contributed by atoms with E-state index in [1.165, 1.54) is 58.2 Å². The van der Waals surface area contributed by atoms with Gasteiger partial charge >= 0.3 is 0 Å². The predicted octanol–water partition coefficient (Wildman–Crippen LogP) is 3.91. The lowest BCUT2D eigenvalue weighted by atomic mass is 9.77. The fourth-order valence-electron chi connectivity index (χ4n) is 4.28. The molecular weight excluding hydrogens is 244 g/mol. The van der Waals surface area contributed by atoms with E-state index in [0.717, 1.165) is 23.8 Å². The average Bonchev–Trinajstić information content (AvgIpc) is 2.45. The van der Waals surface area contributed by atoms with Crippen molar-refractivity contribution >= 4 is 0 Å². The van der Waals surface area contributed by atoms with Crippen LogP contribution in [0.4, 0.5) is 0 Å². The van der Waals surface area contributed by atoms with Crippen molar-refractivity contribution in [2.24, 2.45) is 17.8 Å². The zero-order valence-corrected chi connectivity index (χ0v) is 14.2. The largest absolute Gasteiger partial charge is 0.311 e. The Hall–Kier alpha value is -0.0800. The third-order valence-corrected chi connectivity index (χ3v) is 6.06. The van der Waals surface area contributed by atoms with Gasteiger partial charge in [0.1, 0.15) is 0 Å². The molecule has 4 atom stereocenters. The maximum absolute atomic E-state index is 4.00. The van der Waals surface area contributed by atoms with Crippen LogP contribution in [0.15, 0.2) is 0 Å². The second-order valence-electron chi connectivity index (χ2n) is 7.51. The first-order chi connectivity index (χ1) is 9.61. The molecule has 0 aromatic rings. The van der Waals surface area contributed by atoms with Crippen molar-refractivity contribution in [2.75, 3.05) is 19.6 Å². The highest BCUT2D eigenvalue weighted by Crippen LogP contribution is 2.31. The van der Waals surface area contributed by atoms with Crippen LogP contribution in [0, 0.1) is 17.8 Å². The number of nitrogens with zero attached hydrogens (tertiary/aromatic N) is 1. The van der Waals surface area contributed by atoms with Crippen LogP contribution in [0.5, 0.6) is 0 Å². The van der Waals surface area contributed by atoms with Crippen molar-refractivity contribution in [1.82, 2.24) is 10.2 Å². The molecule has 2 rings (SSSR count). The molecule has 2 nitrogen and oxygen atoms in total. The standard InChI is InChI=1S/C18H36N2/c1-5-11-20-12-9-17(10-13-20)16(4)19-18-8-6-7-14(2)15(18)3/h14-19H,5-13H2,1-4H3. The topological polar surface area (TPSA) is 15.3 Å². The van der Waals surface area contributed by atoms with E-state index in [1.807, 2.05) is 0 Å². The molecule has 1 aliphatic carbocycles. The molecule has 1 N–H and O–H groups in total. The maximum atomic E-state index is 4.00. The minimum absolute atomic E-state index is 0.705. The predicted molar refractivity (Wildman–Crippen MR) is 88.0 cm³/mol. The number of rotatable bonds is 5. The van der Waals surface area contributed by atoms with E-state index in [4.69, 9.17) is 0 Å². The lowest BCUT2D eigenvalue weighted by molar-refractivity contribution is 0.136. The normalized spacial score (nSPS) is 35.1. The molecule has 1 saturated heterocycles. The zero-order valence-electron chi connectivity index (χ0n) is 14.2. The Balaban J connectivity index is 1.76. The first-order valence-electron chi connectivity index (χ1n) is 9.10. The summed E-state index contributed by atoms with van der Waals surface area (Å²) in [6.07, 6.45) is 8.34. The summed E-state index contributed by atoms with van der Waals surface area (Å²) >= 11 is 0. The molecule has 118 valence electrons. The summed E-state index contributed by atoms with van der Waals surface area (Å²) in [6.45, 7) is 13.6. The van der Waals surface area contributed by atoms with Crippen LogP contribution < -0.4 is 5.32 Å². The Morgan fingerprint density at radius 1 is 1.10 bits per heavy atom. The molecule has 2 aliphatic rings. The molecule has 0 amide bonds. The van der Waals surface area contributed by atoms with Gasteiger partial charge in [-0.2, -0.15) is 0 Å². The fraction of sp³-hybridized carbons (Fsp3) is 1.00. The van der Waals surface area contributed by atoms with Crippen molar-refractivity contribution in [1.29, 1.82) is 0 Å². The first-order valence-corrected chi connectivity index (χ1v) is 9.10. The molecule has 20 heavy (non-hydrogen) atoms. The highest BCUT2D eigenvalue weighted by atomic mass is 15.1. The average molecular weight is 280 g/mol. The second kappa shape index (κ2) is 7.79. The van der Waals surface area contributed by atoms with Gasteiger partial charge in [0.05, 0.1) is 0 Å². The van der Waals surface area contributed by atoms with Crippen LogP contribution in [-0.4, -0.2) is 36.6 Å². The van der Waals surface area contributed by atoms with E-state index in [1.54, 1.807) is 0 Å². The van der Waals surface area contributed by atoms with Crippen molar-refractivity contribution in [2.45, 2.75) is 78.3 Å². The van der Waals surface area contributed by atoms with Crippen LogP contribution >= 0.6 is 0 Å². The molecular formula is C18H36N2. The molecule has 4 unspecified atom stereocenters. The number of hydrogen-bond acceptors (Lipinski definition) is 2. The van der Waals surface area contributed by atoms with Gasteiger partial charge in [-0.1, -0.05) is 33.6 Å². The smallest absolute Gasteiger partial charge is 0.00978 e. The number of likely N-dealkylation sites (tertiary alicyclic amines) is 1. The van der Waals surface area contributed by atoms with Gasteiger partial charge in [-0.3, -0.25) is 0 Å². The Morgan fingerprint density at radius 3 is 2.45 bits per heavy atom. The van der Waals surface area contributed by atoms with Crippen LogP contribution in [0.25, 0.3) is 0 Å². The maximum Gasteiger partial charge on any atom is 0.00978 e. The summed E-state index contributed by atoms with van der Waals surface area (Å²) < 4.78 is 0. The summed E-state index contributed by atoms with van der Waals surface area (Å²) in [6, 6.07) is 1.47. The Labute approximate surface area is 126 Å². The highest BCUT2D eigenvalue weighted by molar-refractivity contribution is 4.87. The van der Waals surface area contributed by atoms with Crippen molar-refractivity contribution in [3.05, 3.63) is 0 Å². The summed E-state index contributed by atoms with van der Waals surface area (Å²) in [4.78, 5) is 2.65. The quantitative estimate of drug-likeness (QED) is 0.821. The first kappa shape index (κ1) is 16.3. The highest BCUT2D eigenvalue weighted by Gasteiger charge is 2.30.